The molecule has 0 bridgehead atoms. The molecule has 0 atom stereocenters. The first kappa shape index (κ1) is 15.9. The Balaban J connectivity index is 4.18. The van der Waals surface area contributed by atoms with Gasteiger partial charge in [0.15, 0.2) is 0 Å². The van der Waals surface area contributed by atoms with Crippen molar-refractivity contribution >= 4 is 0 Å². The fourth-order valence-electron chi connectivity index (χ4n) is 1.73. The number of nitrogens with zero attached hydrogens (tertiary/aromatic N) is 1. The molecule has 0 rings (SSSR count). The predicted octanol–water partition coefficient (Wildman–Crippen LogP) is 1.71. The Hall–Kier alpha value is -0.120. The van der Waals surface area contributed by atoms with Crippen molar-refractivity contribution < 1.29 is 5.11 Å². The van der Waals surface area contributed by atoms with E-state index in [2.05, 4.69) is 51.8 Å². The molecule has 0 aromatic carbocycles. The third kappa shape index (κ3) is 7.20. The molecule has 0 aromatic rings. The zero-order valence-electron chi connectivity index (χ0n) is 11.9. The van der Waals surface area contributed by atoms with Crippen molar-refractivity contribution in [3.63, 3.8) is 0 Å². The Morgan fingerprint density at radius 3 is 2.12 bits per heavy atom. The van der Waals surface area contributed by atoms with E-state index in [1.165, 1.54) is 0 Å². The first-order chi connectivity index (χ1) is 7.28. The molecule has 2 N–H and O–H groups in total. The Kier molecular flexibility index (Phi) is 7.20. The highest BCUT2D eigenvalue weighted by Gasteiger charge is 2.23. The minimum absolute atomic E-state index is 0.240. The van der Waals surface area contributed by atoms with Crippen LogP contribution in [0.3, 0.4) is 0 Å². The highest BCUT2D eigenvalue weighted by Crippen LogP contribution is 2.17. The molecule has 0 aliphatic carbocycles. The lowest BCUT2D eigenvalue weighted by atomic mass is 9.91. The van der Waals surface area contributed by atoms with Crippen LogP contribution in [-0.4, -0.2) is 48.3 Å². The summed E-state index contributed by atoms with van der Waals surface area (Å²) in [5, 5.41) is 12.5. The lowest BCUT2D eigenvalue weighted by Gasteiger charge is -2.35. The smallest absolute Gasteiger partial charge is 0.0558 e. The summed E-state index contributed by atoms with van der Waals surface area (Å²) in [6, 6.07) is 1.02. The van der Waals surface area contributed by atoms with E-state index in [1.807, 2.05) is 0 Å². The van der Waals surface area contributed by atoms with E-state index in [0.717, 1.165) is 19.6 Å². The van der Waals surface area contributed by atoms with Crippen LogP contribution in [0.15, 0.2) is 0 Å². The zero-order chi connectivity index (χ0) is 12.8. The van der Waals surface area contributed by atoms with E-state index in [4.69, 9.17) is 5.11 Å². The normalized spacial score (nSPS) is 13.1. The van der Waals surface area contributed by atoms with Gasteiger partial charge in [-0.05, 0) is 19.3 Å². The summed E-state index contributed by atoms with van der Waals surface area (Å²) in [7, 11) is 0. The fraction of sp³-hybridized carbons (Fsp3) is 1.00. The maximum absolute atomic E-state index is 9.04. The van der Waals surface area contributed by atoms with E-state index in [9.17, 15) is 0 Å². The summed E-state index contributed by atoms with van der Waals surface area (Å²) in [4.78, 5) is 2.34. The van der Waals surface area contributed by atoms with Gasteiger partial charge in [0.25, 0.3) is 0 Å². The molecule has 0 aromatic heterocycles. The summed E-state index contributed by atoms with van der Waals surface area (Å²) in [6.45, 7) is 16.3. The molecule has 0 amide bonds. The van der Waals surface area contributed by atoms with Crippen molar-refractivity contribution in [2.24, 2.45) is 5.41 Å². The molecule has 3 nitrogen and oxygen atoms in total. The summed E-state index contributed by atoms with van der Waals surface area (Å²) >= 11 is 0. The Labute approximate surface area is 101 Å². The molecule has 3 heteroatoms. The van der Waals surface area contributed by atoms with E-state index in [1.54, 1.807) is 0 Å². The molecule has 98 valence electrons. The molecule has 16 heavy (non-hydrogen) atoms. The highest BCUT2D eigenvalue weighted by atomic mass is 16.3. The minimum Gasteiger partial charge on any atom is -0.395 e. The molecule has 0 radical (unpaired) electrons. The summed E-state index contributed by atoms with van der Waals surface area (Å²) in [5.41, 5.74) is 0.240. The lowest BCUT2D eigenvalue weighted by molar-refractivity contribution is 0.114. The molecule has 0 aliphatic rings. The molecular formula is C13H30N2O. The standard InChI is InChI=1S/C13H30N2O/c1-11(2)14-9-13(5,6)10-15(7-8-16)12(3)4/h11-12,14,16H,7-10H2,1-6H3. The maximum atomic E-state index is 9.04. The minimum atomic E-state index is 0.240. The van der Waals surface area contributed by atoms with Gasteiger partial charge < -0.3 is 10.4 Å². The van der Waals surface area contributed by atoms with Gasteiger partial charge in [0.1, 0.15) is 0 Å². The Bertz CT molecular complexity index is 179. The van der Waals surface area contributed by atoms with Gasteiger partial charge >= 0.3 is 0 Å². The van der Waals surface area contributed by atoms with Gasteiger partial charge in [-0.2, -0.15) is 0 Å². The van der Waals surface area contributed by atoms with Crippen LogP contribution >= 0.6 is 0 Å². The van der Waals surface area contributed by atoms with Gasteiger partial charge in [-0.1, -0.05) is 27.7 Å². The Morgan fingerprint density at radius 2 is 1.75 bits per heavy atom. The first-order valence-corrected chi connectivity index (χ1v) is 6.37. The van der Waals surface area contributed by atoms with E-state index in [-0.39, 0.29) is 12.0 Å². The van der Waals surface area contributed by atoms with Crippen molar-refractivity contribution in [3.8, 4) is 0 Å². The second kappa shape index (κ2) is 7.25. The van der Waals surface area contributed by atoms with Crippen LogP contribution in [0.5, 0.6) is 0 Å². The van der Waals surface area contributed by atoms with Gasteiger partial charge in [0.05, 0.1) is 6.61 Å². The van der Waals surface area contributed by atoms with Gasteiger partial charge in [-0.15, -0.1) is 0 Å². The fourth-order valence-corrected chi connectivity index (χ4v) is 1.73. The lowest BCUT2D eigenvalue weighted by Crippen LogP contribution is -2.45. The molecular weight excluding hydrogens is 200 g/mol. The molecule has 0 saturated heterocycles. The predicted molar refractivity (Wildman–Crippen MR) is 70.7 cm³/mol. The topological polar surface area (TPSA) is 35.5 Å². The molecule has 0 aliphatic heterocycles. The third-order valence-corrected chi connectivity index (χ3v) is 2.74. The van der Waals surface area contributed by atoms with Gasteiger partial charge in [0, 0.05) is 31.7 Å². The van der Waals surface area contributed by atoms with E-state index in [0.29, 0.717) is 12.1 Å². The number of hydrogen-bond acceptors (Lipinski definition) is 3. The van der Waals surface area contributed by atoms with Crippen molar-refractivity contribution in [2.45, 2.75) is 53.6 Å². The first-order valence-electron chi connectivity index (χ1n) is 6.37. The average molecular weight is 230 g/mol. The van der Waals surface area contributed by atoms with Crippen molar-refractivity contribution in [2.75, 3.05) is 26.2 Å². The second-order valence-electron chi connectivity index (χ2n) is 5.99. The summed E-state index contributed by atoms with van der Waals surface area (Å²) in [6.07, 6.45) is 0. The van der Waals surface area contributed by atoms with Crippen LogP contribution in [0.25, 0.3) is 0 Å². The van der Waals surface area contributed by atoms with Crippen LogP contribution < -0.4 is 5.32 Å². The van der Waals surface area contributed by atoms with Crippen molar-refractivity contribution in [3.05, 3.63) is 0 Å². The molecule has 0 fully saturated rings. The summed E-state index contributed by atoms with van der Waals surface area (Å²) < 4.78 is 0. The van der Waals surface area contributed by atoms with Crippen molar-refractivity contribution in [1.82, 2.24) is 10.2 Å². The van der Waals surface area contributed by atoms with Crippen LogP contribution in [0, 0.1) is 5.41 Å². The average Bonchev–Trinajstić information content (AvgIpc) is 2.14. The Morgan fingerprint density at radius 1 is 1.19 bits per heavy atom. The van der Waals surface area contributed by atoms with E-state index < -0.39 is 0 Å². The zero-order valence-corrected chi connectivity index (χ0v) is 11.9. The SMILES string of the molecule is CC(C)NCC(C)(C)CN(CCO)C(C)C. The number of nitrogens with one attached hydrogen (secondary N) is 1. The van der Waals surface area contributed by atoms with Crippen LogP contribution in [0.1, 0.15) is 41.5 Å². The van der Waals surface area contributed by atoms with Gasteiger partial charge in [-0.25, -0.2) is 0 Å². The number of hydrogen-bond donors (Lipinski definition) is 2. The van der Waals surface area contributed by atoms with E-state index >= 15 is 0 Å². The largest absolute Gasteiger partial charge is 0.395 e. The summed E-state index contributed by atoms with van der Waals surface area (Å²) in [5.74, 6) is 0. The molecule has 0 saturated carbocycles. The van der Waals surface area contributed by atoms with Crippen LogP contribution in [0.2, 0.25) is 0 Å². The number of aliphatic hydroxyl groups excluding tert-OH is 1. The molecule has 0 unspecified atom stereocenters. The second-order valence-corrected chi connectivity index (χ2v) is 5.99. The highest BCUT2D eigenvalue weighted by molar-refractivity contribution is 4.78. The molecule has 0 heterocycles. The number of aliphatic hydroxyl groups is 1. The van der Waals surface area contributed by atoms with Crippen molar-refractivity contribution in [1.29, 1.82) is 0 Å². The van der Waals surface area contributed by atoms with Crippen LogP contribution in [-0.2, 0) is 0 Å². The monoisotopic (exact) mass is 230 g/mol. The quantitative estimate of drug-likeness (QED) is 0.666. The third-order valence-electron chi connectivity index (χ3n) is 2.74. The molecule has 0 spiro atoms. The van der Waals surface area contributed by atoms with Crippen LogP contribution in [0.4, 0.5) is 0 Å². The number of rotatable bonds is 8. The van der Waals surface area contributed by atoms with Gasteiger partial charge in [0.2, 0.25) is 0 Å². The maximum Gasteiger partial charge on any atom is 0.0558 e. The van der Waals surface area contributed by atoms with Gasteiger partial charge in [-0.3, -0.25) is 4.90 Å².